The molecule has 2 rings (SSSR count). The van der Waals surface area contributed by atoms with Crippen LogP contribution in [0.3, 0.4) is 0 Å². The van der Waals surface area contributed by atoms with E-state index in [2.05, 4.69) is 5.32 Å². The number of hydrogen-bond acceptors (Lipinski definition) is 4. The Kier molecular flexibility index (Phi) is 4.97. The minimum absolute atomic E-state index is 0.0640. The summed E-state index contributed by atoms with van der Waals surface area (Å²) < 4.78 is 5.22. The van der Waals surface area contributed by atoms with Gasteiger partial charge in [0.25, 0.3) is 5.91 Å². The Balaban J connectivity index is 2.28. The number of aryl methyl sites for hydroxylation is 2. The summed E-state index contributed by atoms with van der Waals surface area (Å²) in [5.41, 5.74) is 2.65. The van der Waals surface area contributed by atoms with Gasteiger partial charge in [0.2, 0.25) is 0 Å². The summed E-state index contributed by atoms with van der Waals surface area (Å²) in [5, 5.41) is 13.9. The van der Waals surface area contributed by atoms with Crippen LogP contribution in [0.4, 0.5) is 5.69 Å². The second-order valence-electron chi connectivity index (χ2n) is 4.80. The lowest BCUT2D eigenvalue weighted by atomic mass is 10.1. The van der Waals surface area contributed by atoms with E-state index in [9.17, 15) is 10.1 Å². The lowest BCUT2D eigenvalue weighted by Gasteiger charge is -2.10. The molecule has 1 aromatic carbocycles. The first-order valence-electron chi connectivity index (χ1n) is 6.67. The van der Waals surface area contributed by atoms with Crippen molar-refractivity contribution in [3.05, 3.63) is 51.2 Å². The molecule has 0 unspecified atom stereocenters. The van der Waals surface area contributed by atoms with Gasteiger partial charge in [-0.1, -0.05) is 6.07 Å². The highest BCUT2D eigenvalue weighted by atomic mass is 32.1. The van der Waals surface area contributed by atoms with Crippen molar-refractivity contribution in [2.24, 2.45) is 0 Å². The van der Waals surface area contributed by atoms with Gasteiger partial charge < -0.3 is 10.1 Å². The van der Waals surface area contributed by atoms with Crippen molar-refractivity contribution in [2.75, 3.05) is 12.4 Å². The molecule has 0 aliphatic heterocycles. The van der Waals surface area contributed by atoms with Gasteiger partial charge in [-0.15, -0.1) is 11.3 Å². The number of nitrogens with zero attached hydrogens (tertiary/aromatic N) is 1. The number of hydrogen-bond donors (Lipinski definition) is 1. The number of thiophene rings is 1. The van der Waals surface area contributed by atoms with Crippen LogP contribution >= 0.6 is 11.3 Å². The van der Waals surface area contributed by atoms with Gasteiger partial charge >= 0.3 is 0 Å². The van der Waals surface area contributed by atoms with Crippen molar-refractivity contribution < 1.29 is 9.53 Å². The fourth-order valence-corrected chi connectivity index (χ4v) is 2.78. The Bertz CT molecular complexity index is 769. The number of benzene rings is 1. The summed E-state index contributed by atoms with van der Waals surface area (Å²) in [6, 6.07) is 9.39. The van der Waals surface area contributed by atoms with Crippen LogP contribution in [-0.2, 0) is 4.79 Å². The van der Waals surface area contributed by atoms with E-state index in [0.717, 1.165) is 16.0 Å². The monoisotopic (exact) mass is 312 g/mol. The van der Waals surface area contributed by atoms with Crippen LogP contribution in [0.25, 0.3) is 6.08 Å². The highest BCUT2D eigenvalue weighted by molar-refractivity contribution is 7.11. The molecular weight excluding hydrogens is 296 g/mol. The maximum absolute atomic E-state index is 12.3. The van der Waals surface area contributed by atoms with Crippen molar-refractivity contribution in [1.82, 2.24) is 0 Å². The average molecular weight is 312 g/mol. The predicted octanol–water partition coefficient (Wildman–Crippen LogP) is 3.92. The summed E-state index contributed by atoms with van der Waals surface area (Å²) in [6.07, 6.45) is 1.61. The fourth-order valence-electron chi connectivity index (χ4n) is 1.92. The molecule has 2 aromatic rings. The topological polar surface area (TPSA) is 62.1 Å². The van der Waals surface area contributed by atoms with Gasteiger partial charge in [-0.05, 0) is 54.6 Å². The normalized spacial score (nSPS) is 10.9. The largest absolute Gasteiger partial charge is 0.495 e. The maximum atomic E-state index is 12.3. The van der Waals surface area contributed by atoms with Crippen LogP contribution < -0.4 is 10.1 Å². The van der Waals surface area contributed by atoms with Crippen LogP contribution in [0.1, 0.15) is 16.0 Å². The molecule has 22 heavy (non-hydrogen) atoms. The summed E-state index contributed by atoms with van der Waals surface area (Å²) >= 11 is 1.49. The molecule has 0 fully saturated rings. The first kappa shape index (κ1) is 15.8. The lowest BCUT2D eigenvalue weighted by molar-refractivity contribution is -0.112. The Morgan fingerprint density at radius 3 is 2.73 bits per heavy atom. The van der Waals surface area contributed by atoms with Crippen LogP contribution in [0, 0.1) is 25.2 Å². The number of rotatable bonds is 4. The number of amides is 1. The van der Waals surface area contributed by atoms with E-state index in [1.807, 2.05) is 43.5 Å². The quantitative estimate of drug-likeness (QED) is 0.687. The van der Waals surface area contributed by atoms with Gasteiger partial charge in [0, 0.05) is 4.88 Å². The predicted molar refractivity (Wildman–Crippen MR) is 89.0 cm³/mol. The maximum Gasteiger partial charge on any atom is 0.266 e. The van der Waals surface area contributed by atoms with E-state index in [1.165, 1.54) is 18.4 Å². The first-order valence-corrected chi connectivity index (χ1v) is 7.55. The minimum atomic E-state index is -0.445. The molecule has 112 valence electrons. The number of ether oxygens (including phenoxy) is 1. The molecule has 0 aliphatic carbocycles. The molecule has 4 nitrogen and oxygen atoms in total. The molecule has 0 bridgehead atoms. The number of carbonyl (C=O) groups is 1. The molecule has 0 atom stereocenters. The number of nitrogens with one attached hydrogen (secondary N) is 1. The van der Waals surface area contributed by atoms with Gasteiger partial charge in [-0.3, -0.25) is 4.79 Å². The van der Waals surface area contributed by atoms with Crippen LogP contribution in [0.5, 0.6) is 5.75 Å². The number of anilines is 1. The van der Waals surface area contributed by atoms with Crippen molar-refractivity contribution in [3.8, 4) is 11.8 Å². The molecule has 0 spiro atoms. The Morgan fingerprint density at radius 1 is 1.36 bits per heavy atom. The summed E-state index contributed by atoms with van der Waals surface area (Å²) in [6.45, 7) is 3.87. The van der Waals surface area contributed by atoms with E-state index in [-0.39, 0.29) is 5.57 Å². The van der Waals surface area contributed by atoms with Gasteiger partial charge in [0.1, 0.15) is 17.4 Å². The Morgan fingerprint density at radius 2 is 2.14 bits per heavy atom. The van der Waals surface area contributed by atoms with Gasteiger partial charge in [-0.25, -0.2) is 0 Å². The lowest BCUT2D eigenvalue weighted by Crippen LogP contribution is -2.14. The Labute approximate surface area is 133 Å². The molecule has 0 aliphatic rings. The van der Waals surface area contributed by atoms with Crippen molar-refractivity contribution in [2.45, 2.75) is 13.8 Å². The summed E-state index contributed by atoms with van der Waals surface area (Å²) in [4.78, 5) is 13.2. The molecule has 5 heteroatoms. The SMILES string of the molecule is COc1ccc(C)cc1NC(=O)/C(C#N)=C/c1sccc1C. The third-order valence-corrected chi connectivity index (χ3v) is 4.11. The third-order valence-electron chi connectivity index (χ3n) is 3.15. The van der Waals surface area contributed by atoms with E-state index in [0.29, 0.717) is 11.4 Å². The molecule has 1 amide bonds. The molecule has 1 N–H and O–H groups in total. The number of carbonyl (C=O) groups excluding carboxylic acids is 1. The number of nitriles is 1. The van der Waals surface area contributed by atoms with Gasteiger partial charge in [0.15, 0.2) is 0 Å². The summed E-state index contributed by atoms with van der Waals surface area (Å²) in [5.74, 6) is 0.114. The molecule has 0 saturated carbocycles. The zero-order chi connectivity index (χ0) is 16.1. The minimum Gasteiger partial charge on any atom is -0.495 e. The van der Waals surface area contributed by atoms with Gasteiger partial charge in [-0.2, -0.15) is 5.26 Å². The highest BCUT2D eigenvalue weighted by Crippen LogP contribution is 2.26. The van der Waals surface area contributed by atoms with Crippen LogP contribution in [-0.4, -0.2) is 13.0 Å². The second-order valence-corrected chi connectivity index (χ2v) is 5.74. The zero-order valence-electron chi connectivity index (χ0n) is 12.6. The Hall–Kier alpha value is -2.58. The van der Waals surface area contributed by atoms with Crippen molar-refractivity contribution in [3.63, 3.8) is 0 Å². The van der Waals surface area contributed by atoms with E-state index >= 15 is 0 Å². The molecular formula is C17H16N2O2S. The fraction of sp³-hybridized carbons (Fsp3) is 0.176. The smallest absolute Gasteiger partial charge is 0.266 e. The van der Waals surface area contributed by atoms with Crippen molar-refractivity contribution in [1.29, 1.82) is 5.26 Å². The number of methoxy groups -OCH3 is 1. The molecule has 0 saturated heterocycles. The van der Waals surface area contributed by atoms with Crippen molar-refractivity contribution >= 4 is 29.0 Å². The van der Waals surface area contributed by atoms with E-state index in [4.69, 9.17) is 4.74 Å². The highest BCUT2D eigenvalue weighted by Gasteiger charge is 2.13. The summed E-state index contributed by atoms with van der Waals surface area (Å²) in [7, 11) is 1.54. The van der Waals surface area contributed by atoms with Crippen LogP contribution in [0.15, 0.2) is 35.2 Å². The first-order chi connectivity index (χ1) is 10.5. The molecule has 0 radical (unpaired) electrons. The zero-order valence-corrected chi connectivity index (χ0v) is 13.5. The van der Waals surface area contributed by atoms with Gasteiger partial charge in [0.05, 0.1) is 12.8 Å². The average Bonchev–Trinajstić information content (AvgIpc) is 2.90. The second kappa shape index (κ2) is 6.92. The van der Waals surface area contributed by atoms with E-state index in [1.54, 1.807) is 12.1 Å². The third kappa shape index (κ3) is 3.54. The van der Waals surface area contributed by atoms with E-state index < -0.39 is 5.91 Å². The standard InChI is InChI=1S/C17H16N2O2S/c1-11-4-5-15(21-3)14(8-11)19-17(20)13(10-18)9-16-12(2)6-7-22-16/h4-9H,1-3H3,(H,19,20)/b13-9+. The molecule has 1 heterocycles. The molecule has 1 aromatic heterocycles. The van der Waals surface area contributed by atoms with Crippen LogP contribution in [0.2, 0.25) is 0 Å².